The molecule has 0 spiro atoms. The summed E-state index contributed by atoms with van der Waals surface area (Å²) in [5, 5.41) is 9.27. The Labute approximate surface area is 91.1 Å². The highest BCUT2D eigenvalue weighted by Gasteiger charge is 2.12. The van der Waals surface area contributed by atoms with E-state index < -0.39 is 11.4 Å². The van der Waals surface area contributed by atoms with Gasteiger partial charge < -0.3 is 9.67 Å². The summed E-state index contributed by atoms with van der Waals surface area (Å²) in [6.07, 6.45) is 2.74. The quantitative estimate of drug-likeness (QED) is 0.830. The van der Waals surface area contributed by atoms with Crippen LogP contribution in [-0.4, -0.2) is 15.6 Å². The predicted molar refractivity (Wildman–Crippen MR) is 61.6 cm³/mol. The van der Waals surface area contributed by atoms with Crippen LogP contribution in [0.25, 0.3) is 17.1 Å². The second-order valence-electron chi connectivity index (χ2n) is 3.28. The average Bonchev–Trinajstić information content (AvgIpc) is 2.29. The van der Waals surface area contributed by atoms with Crippen LogP contribution in [0.4, 0.5) is 0 Å². The Kier molecular flexibility index (Phi) is 2.32. The first-order valence-electron chi connectivity index (χ1n) is 4.65. The summed E-state index contributed by atoms with van der Waals surface area (Å²) in [5.41, 5.74) is -0.0766. The molecule has 4 nitrogen and oxygen atoms in total. The van der Waals surface area contributed by atoms with Crippen molar-refractivity contribution < 1.29 is 9.90 Å². The van der Waals surface area contributed by atoms with Crippen LogP contribution in [0.15, 0.2) is 41.8 Å². The zero-order valence-corrected chi connectivity index (χ0v) is 8.38. The zero-order chi connectivity index (χ0) is 11.7. The first kappa shape index (κ1) is 10.2. The first-order chi connectivity index (χ1) is 7.65. The van der Waals surface area contributed by atoms with Gasteiger partial charge in [-0.3, -0.25) is 4.79 Å². The Hall–Kier alpha value is -2.36. The monoisotopic (exact) mass is 215 g/mol. The van der Waals surface area contributed by atoms with Gasteiger partial charge in [-0.1, -0.05) is 18.7 Å². The topological polar surface area (TPSA) is 59.3 Å². The number of rotatable bonds is 2. The van der Waals surface area contributed by atoms with E-state index in [4.69, 9.17) is 5.11 Å². The van der Waals surface area contributed by atoms with E-state index >= 15 is 0 Å². The molecule has 0 aliphatic rings. The van der Waals surface area contributed by atoms with Crippen LogP contribution in [0.1, 0.15) is 10.4 Å². The maximum Gasteiger partial charge on any atom is 0.341 e. The fraction of sp³-hybridized carbons (Fsp3) is 0. The molecule has 2 aromatic rings. The molecule has 0 aliphatic heterocycles. The molecule has 4 heteroatoms. The zero-order valence-electron chi connectivity index (χ0n) is 8.38. The molecule has 0 fully saturated rings. The Morgan fingerprint density at radius 1 is 1.38 bits per heavy atom. The summed E-state index contributed by atoms with van der Waals surface area (Å²) >= 11 is 0. The van der Waals surface area contributed by atoms with Crippen molar-refractivity contribution in [3.8, 4) is 0 Å². The molecule has 0 saturated carbocycles. The van der Waals surface area contributed by atoms with E-state index in [1.54, 1.807) is 24.3 Å². The van der Waals surface area contributed by atoms with Crippen LogP contribution < -0.4 is 5.43 Å². The highest BCUT2D eigenvalue weighted by Crippen LogP contribution is 2.11. The van der Waals surface area contributed by atoms with E-state index in [0.717, 1.165) is 0 Å². The van der Waals surface area contributed by atoms with Gasteiger partial charge in [-0.25, -0.2) is 4.79 Å². The van der Waals surface area contributed by atoms with E-state index in [9.17, 15) is 9.59 Å². The maximum absolute atomic E-state index is 11.8. The summed E-state index contributed by atoms with van der Waals surface area (Å²) in [5.74, 6) is -1.23. The van der Waals surface area contributed by atoms with Crippen molar-refractivity contribution in [2.45, 2.75) is 0 Å². The molecule has 0 aliphatic carbocycles. The lowest BCUT2D eigenvalue weighted by Gasteiger charge is -2.06. The molecule has 1 aromatic carbocycles. The van der Waals surface area contributed by atoms with Crippen LogP contribution in [0, 0.1) is 0 Å². The van der Waals surface area contributed by atoms with Gasteiger partial charge in [-0.05, 0) is 12.1 Å². The minimum atomic E-state index is -1.23. The van der Waals surface area contributed by atoms with Crippen LogP contribution in [0.2, 0.25) is 0 Å². The van der Waals surface area contributed by atoms with Gasteiger partial charge in [0.2, 0.25) is 5.43 Å². The lowest BCUT2D eigenvalue weighted by atomic mass is 10.1. The molecule has 2 rings (SSSR count). The first-order valence-corrected chi connectivity index (χ1v) is 4.65. The maximum atomic E-state index is 11.8. The summed E-state index contributed by atoms with van der Waals surface area (Å²) in [6.45, 7) is 3.58. The highest BCUT2D eigenvalue weighted by atomic mass is 16.4. The van der Waals surface area contributed by atoms with E-state index in [0.29, 0.717) is 10.9 Å². The molecular formula is C12H9NO3. The minimum Gasteiger partial charge on any atom is -0.477 e. The Balaban J connectivity index is 3.00. The second kappa shape index (κ2) is 3.66. The summed E-state index contributed by atoms with van der Waals surface area (Å²) in [7, 11) is 0. The third kappa shape index (κ3) is 1.40. The number of carboxylic acid groups (broad SMARTS) is 1. The number of hydrogen-bond donors (Lipinski definition) is 1. The van der Waals surface area contributed by atoms with Crippen molar-refractivity contribution in [2.75, 3.05) is 0 Å². The molecule has 1 heterocycles. The number of benzene rings is 1. The number of hydrogen-bond acceptors (Lipinski definition) is 2. The van der Waals surface area contributed by atoms with Gasteiger partial charge in [-0.2, -0.15) is 0 Å². The Morgan fingerprint density at radius 3 is 2.69 bits per heavy atom. The van der Waals surface area contributed by atoms with Crippen molar-refractivity contribution >= 4 is 23.1 Å². The predicted octanol–water partition coefficient (Wildman–Crippen LogP) is 1.80. The van der Waals surface area contributed by atoms with Crippen LogP contribution in [-0.2, 0) is 0 Å². The molecule has 0 atom stereocenters. The number of fused-ring (bicyclic) bond motifs is 1. The van der Waals surface area contributed by atoms with Gasteiger partial charge in [0.25, 0.3) is 0 Å². The molecule has 16 heavy (non-hydrogen) atoms. The Bertz CT molecular complexity index is 640. The van der Waals surface area contributed by atoms with E-state index in [-0.39, 0.29) is 5.56 Å². The van der Waals surface area contributed by atoms with Crippen molar-refractivity contribution in [1.29, 1.82) is 0 Å². The van der Waals surface area contributed by atoms with Crippen LogP contribution >= 0.6 is 0 Å². The van der Waals surface area contributed by atoms with Gasteiger partial charge in [0.1, 0.15) is 5.56 Å². The SMILES string of the molecule is C=Cn1cc(C(=O)O)c(=O)c2ccccc21. The minimum absolute atomic E-state index is 0.251. The van der Waals surface area contributed by atoms with E-state index in [2.05, 4.69) is 6.58 Å². The van der Waals surface area contributed by atoms with Crippen LogP contribution in [0.5, 0.6) is 0 Å². The largest absolute Gasteiger partial charge is 0.477 e. The molecule has 0 bridgehead atoms. The van der Waals surface area contributed by atoms with Crippen LogP contribution in [0.3, 0.4) is 0 Å². The number of aromatic nitrogens is 1. The van der Waals surface area contributed by atoms with Gasteiger partial charge >= 0.3 is 5.97 Å². The summed E-state index contributed by atoms with van der Waals surface area (Å²) < 4.78 is 1.53. The molecule has 0 radical (unpaired) electrons. The summed E-state index contributed by atoms with van der Waals surface area (Å²) in [4.78, 5) is 22.7. The third-order valence-corrected chi connectivity index (χ3v) is 2.37. The third-order valence-electron chi connectivity index (χ3n) is 2.37. The molecule has 0 saturated heterocycles. The number of carbonyl (C=O) groups is 1. The lowest BCUT2D eigenvalue weighted by molar-refractivity contribution is 0.0695. The van der Waals surface area contributed by atoms with Gasteiger partial charge in [-0.15, -0.1) is 0 Å². The highest BCUT2D eigenvalue weighted by molar-refractivity contribution is 5.93. The molecule has 0 unspecified atom stereocenters. The van der Waals surface area contributed by atoms with Crippen molar-refractivity contribution in [3.05, 3.63) is 52.8 Å². The lowest BCUT2D eigenvalue weighted by Crippen LogP contribution is -2.17. The molecule has 80 valence electrons. The second-order valence-corrected chi connectivity index (χ2v) is 3.28. The number of pyridine rings is 1. The van der Waals surface area contributed by atoms with Gasteiger partial charge in [0, 0.05) is 17.8 Å². The number of nitrogens with zero attached hydrogens (tertiary/aromatic N) is 1. The van der Waals surface area contributed by atoms with E-state index in [1.807, 2.05) is 0 Å². The molecule has 1 N–H and O–H groups in total. The normalized spacial score (nSPS) is 10.2. The van der Waals surface area contributed by atoms with Gasteiger partial charge in [0.05, 0.1) is 5.52 Å². The molecule has 1 aromatic heterocycles. The fourth-order valence-corrected chi connectivity index (χ4v) is 1.61. The Morgan fingerprint density at radius 2 is 2.06 bits per heavy atom. The van der Waals surface area contributed by atoms with Crippen molar-refractivity contribution in [3.63, 3.8) is 0 Å². The molecular weight excluding hydrogens is 206 g/mol. The smallest absolute Gasteiger partial charge is 0.341 e. The number of para-hydroxylation sites is 1. The number of carboxylic acids is 1. The summed E-state index contributed by atoms with van der Waals surface area (Å²) in [6, 6.07) is 6.82. The van der Waals surface area contributed by atoms with Crippen molar-refractivity contribution in [1.82, 2.24) is 4.57 Å². The number of aromatic carboxylic acids is 1. The average molecular weight is 215 g/mol. The van der Waals surface area contributed by atoms with Gasteiger partial charge in [0.15, 0.2) is 0 Å². The van der Waals surface area contributed by atoms with E-state index in [1.165, 1.54) is 17.0 Å². The fourth-order valence-electron chi connectivity index (χ4n) is 1.61. The standard InChI is InChI=1S/C12H9NO3/c1-2-13-7-9(12(15)16)11(14)8-5-3-4-6-10(8)13/h2-7H,1H2,(H,15,16). The van der Waals surface area contributed by atoms with Crippen molar-refractivity contribution in [2.24, 2.45) is 0 Å². The molecule has 0 amide bonds.